The molecule has 0 radical (unpaired) electrons. The van der Waals surface area contributed by atoms with Gasteiger partial charge in [-0.25, -0.2) is 0 Å². The topological polar surface area (TPSA) is 68.3 Å². The Hall–Kier alpha value is -2.43. The molecule has 3 aromatic rings. The van der Waals surface area contributed by atoms with Gasteiger partial charge in [0.25, 0.3) is 5.91 Å². The lowest BCUT2D eigenvalue weighted by atomic mass is 10.1. The summed E-state index contributed by atoms with van der Waals surface area (Å²) in [6, 6.07) is 12.1. The lowest BCUT2D eigenvalue weighted by Gasteiger charge is -2.11. The summed E-state index contributed by atoms with van der Waals surface area (Å²) in [5.41, 5.74) is 9.68. The Labute approximate surface area is 155 Å². The van der Waals surface area contributed by atoms with Gasteiger partial charge in [-0.3, -0.25) is 4.79 Å². The highest BCUT2D eigenvalue weighted by molar-refractivity contribution is 6.36. The highest BCUT2D eigenvalue weighted by Crippen LogP contribution is 2.32. The lowest BCUT2D eigenvalue weighted by molar-refractivity contribution is 0.0997. The Bertz CT molecular complexity index is 941. The molecule has 0 fully saturated rings. The molecule has 0 unspecified atom stereocenters. The second-order valence-corrected chi connectivity index (χ2v) is 6.63. The summed E-state index contributed by atoms with van der Waals surface area (Å²) >= 11 is 12.1. The van der Waals surface area contributed by atoms with Gasteiger partial charge >= 0.3 is 0 Å². The zero-order valence-corrected chi connectivity index (χ0v) is 15.2. The van der Waals surface area contributed by atoms with Crippen molar-refractivity contribution in [3.05, 3.63) is 69.4 Å². The van der Waals surface area contributed by atoms with Gasteiger partial charge < -0.3 is 15.5 Å². The number of carbonyl (C=O) groups excluding carboxylic acids is 1. The van der Waals surface area contributed by atoms with Crippen LogP contribution < -0.4 is 11.1 Å². The summed E-state index contributed by atoms with van der Waals surface area (Å²) in [6.07, 6.45) is 0. The number of halogens is 2. The molecule has 0 aliphatic heterocycles. The molecule has 0 aliphatic carbocycles. The molecule has 6 heteroatoms. The van der Waals surface area contributed by atoms with E-state index in [1.165, 1.54) is 0 Å². The van der Waals surface area contributed by atoms with Crippen molar-refractivity contribution in [2.45, 2.75) is 13.8 Å². The molecule has 4 nitrogen and oxygen atoms in total. The number of nitrogen functional groups attached to an aromatic ring is 1. The van der Waals surface area contributed by atoms with Gasteiger partial charge in [0, 0.05) is 10.6 Å². The van der Waals surface area contributed by atoms with E-state index in [-0.39, 0.29) is 11.7 Å². The van der Waals surface area contributed by atoms with Crippen molar-refractivity contribution in [1.29, 1.82) is 0 Å². The highest BCUT2D eigenvalue weighted by atomic mass is 35.5. The van der Waals surface area contributed by atoms with Crippen LogP contribution in [0.25, 0.3) is 11.3 Å². The first-order chi connectivity index (χ1) is 11.8. The largest absolute Gasteiger partial charge is 0.451 e. The molecular formula is C19H16Cl2N2O2. The lowest BCUT2D eigenvalue weighted by Crippen LogP contribution is -2.13. The minimum atomic E-state index is -0.380. The number of benzene rings is 2. The number of nitrogens with one attached hydrogen (secondary N) is 1. The first-order valence-electron chi connectivity index (χ1n) is 7.58. The van der Waals surface area contributed by atoms with Crippen LogP contribution in [0.2, 0.25) is 10.0 Å². The average Bonchev–Trinajstić information content (AvgIpc) is 3.00. The standard InChI is InChI=1S/C19H16Cl2N2O2/c1-10-7-11(2)18(15(22)8-10)23-19(24)17-6-5-16(25-17)13-4-3-12(20)9-14(13)21/h3-9H,22H2,1-2H3,(H,23,24). The number of furan rings is 1. The van der Waals surface area contributed by atoms with Crippen LogP contribution in [0.5, 0.6) is 0 Å². The molecule has 1 amide bonds. The number of amides is 1. The minimum Gasteiger partial charge on any atom is -0.451 e. The third-order valence-corrected chi connectivity index (χ3v) is 4.32. The fraction of sp³-hybridized carbons (Fsp3) is 0.105. The molecule has 0 spiro atoms. The van der Waals surface area contributed by atoms with Crippen LogP contribution >= 0.6 is 23.2 Å². The van der Waals surface area contributed by atoms with E-state index >= 15 is 0 Å². The summed E-state index contributed by atoms with van der Waals surface area (Å²) in [7, 11) is 0. The predicted molar refractivity (Wildman–Crippen MR) is 102 cm³/mol. The summed E-state index contributed by atoms with van der Waals surface area (Å²) < 4.78 is 5.65. The number of carbonyl (C=O) groups is 1. The molecule has 0 aliphatic rings. The Morgan fingerprint density at radius 3 is 2.52 bits per heavy atom. The Morgan fingerprint density at radius 1 is 1.08 bits per heavy atom. The van der Waals surface area contributed by atoms with E-state index < -0.39 is 0 Å². The smallest absolute Gasteiger partial charge is 0.291 e. The van der Waals surface area contributed by atoms with Gasteiger partial charge in [0.05, 0.1) is 16.4 Å². The number of anilines is 2. The monoisotopic (exact) mass is 374 g/mol. The van der Waals surface area contributed by atoms with E-state index in [1.807, 2.05) is 26.0 Å². The minimum absolute atomic E-state index is 0.167. The summed E-state index contributed by atoms with van der Waals surface area (Å²) in [5, 5.41) is 3.78. The zero-order valence-electron chi connectivity index (χ0n) is 13.7. The molecule has 0 saturated heterocycles. The maximum absolute atomic E-state index is 12.5. The first-order valence-corrected chi connectivity index (χ1v) is 8.34. The van der Waals surface area contributed by atoms with Crippen molar-refractivity contribution in [3.8, 4) is 11.3 Å². The van der Waals surface area contributed by atoms with E-state index in [0.717, 1.165) is 11.1 Å². The van der Waals surface area contributed by atoms with Gasteiger partial charge in [0.15, 0.2) is 5.76 Å². The molecule has 25 heavy (non-hydrogen) atoms. The van der Waals surface area contributed by atoms with Gasteiger partial charge in [-0.2, -0.15) is 0 Å². The van der Waals surface area contributed by atoms with Crippen LogP contribution in [0.1, 0.15) is 21.7 Å². The maximum atomic E-state index is 12.5. The van der Waals surface area contributed by atoms with E-state index in [0.29, 0.717) is 32.7 Å². The molecule has 3 N–H and O–H groups in total. The second-order valence-electron chi connectivity index (χ2n) is 5.79. The summed E-state index contributed by atoms with van der Waals surface area (Å²) in [5.74, 6) is 0.274. The van der Waals surface area contributed by atoms with Gasteiger partial charge in [0.1, 0.15) is 5.76 Å². The molecule has 1 heterocycles. The van der Waals surface area contributed by atoms with Crippen LogP contribution in [0, 0.1) is 13.8 Å². The number of hydrogen-bond acceptors (Lipinski definition) is 3. The molecule has 1 aromatic heterocycles. The first kappa shape index (κ1) is 17.4. The molecule has 2 aromatic carbocycles. The Balaban J connectivity index is 1.86. The van der Waals surface area contributed by atoms with Crippen LogP contribution in [0.4, 0.5) is 11.4 Å². The van der Waals surface area contributed by atoms with Crippen molar-refractivity contribution in [1.82, 2.24) is 0 Å². The summed E-state index contributed by atoms with van der Waals surface area (Å²) in [4.78, 5) is 12.5. The second kappa shape index (κ2) is 6.82. The van der Waals surface area contributed by atoms with Crippen LogP contribution in [-0.4, -0.2) is 5.91 Å². The zero-order chi connectivity index (χ0) is 18.1. The van der Waals surface area contributed by atoms with Gasteiger partial charge in [-0.05, 0) is 61.4 Å². The Kier molecular flexibility index (Phi) is 4.75. The number of hydrogen-bond donors (Lipinski definition) is 2. The van der Waals surface area contributed by atoms with Gasteiger partial charge in [-0.1, -0.05) is 29.3 Å². The van der Waals surface area contributed by atoms with Gasteiger partial charge in [-0.15, -0.1) is 0 Å². The molecule has 0 bridgehead atoms. The van der Waals surface area contributed by atoms with Crippen molar-refractivity contribution in [2.24, 2.45) is 0 Å². The fourth-order valence-corrected chi connectivity index (χ4v) is 3.14. The van der Waals surface area contributed by atoms with Crippen molar-refractivity contribution >= 4 is 40.5 Å². The maximum Gasteiger partial charge on any atom is 0.291 e. The van der Waals surface area contributed by atoms with Gasteiger partial charge in [0.2, 0.25) is 0 Å². The van der Waals surface area contributed by atoms with E-state index in [9.17, 15) is 4.79 Å². The average molecular weight is 375 g/mol. The highest BCUT2D eigenvalue weighted by Gasteiger charge is 2.16. The van der Waals surface area contributed by atoms with Crippen molar-refractivity contribution in [2.75, 3.05) is 11.1 Å². The molecule has 0 saturated carbocycles. The number of aryl methyl sites for hydroxylation is 2. The normalized spacial score (nSPS) is 10.7. The fourth-order valence-electron chi connectivity index (χ4n) is 2.64. The van der Waals surface area contributed by atoms with E-state index in [4.69, 9.17) is 33.4 Å². The SMILES string of the molecule is Cc1cc(C)c(NC(=O)c2ccc(-c3ccc(Cl)cc3Cl)o2)c(N)c1. The number of rotatable bonds is 3. The molecule has 0 atom stereocenters. The van der Waals surface area contributed by atoms with Crippen LogP contribution in [0.3, 0.4) is 0 Å². The molecule has 128 valence electrons. The quantitative estimate of drug-likeness (QED) is 0.577. The Morgan fingerprint density at radius 2 is 1.84 bits per heavy atom. The van der Waals surface area contributed by atoms with Crippen molar-refractivity contribution in [3.63, 3.8) is 0 Å². The third-order valence-electron chi connectivity index (χ3n) is 3.78. The van der Waals surface area contributed by atoms with E-state index in [2.05, 4.69) is 5.32 Å². The van der Waals surface area contributed by atoms with Crippen LogP contribution in [0.15, 0.2) is 46.9 Å². The molecular weight excluding hydrogens is 359 g/mol. The summed E-state index contributed by atoms with van der Waals surface area (Å²) in [6.45, 7) is 3.84. The number of nitrogens with two attached hydrogens (primary N) is 1. The van der Waals surface area contributed by atoms with Crippen molar-refractivity contribution < 1.29 is 9.21 Å². The predicted octanol–water partition coefficient (Wildman–Crippen LogP) is 5.70. The molecule has 3 rings (SSSR count). The van der Waals surface area contributed by atoms with E-state index in [1.54, 1.807) is 30.3 Å². The third kappa shape index (κ3) is 3.65. The van der Waals surface area contributed by atoms with Crippen LogP contribution in [-0.2, 0) is 0 Å².